The van der Waals surface area contributed by atoms with Crippen molar-refractivity contribution in [1.29, 1.82) is 0 Å². The lowest BCUT2D eigenvalue weighted by molar-refractivity contribution is 0.307. The van der Waals surface area contributed by atoms with Gasteiger partial charge in [0, 0.05) is 25.2 Å². The maximum atomic E-state index is 4.89. The van der Waals surface area contributed by atoms with Crippen LogP contribution in [0, 0.1) is 5.92 Å². The molecule has 1 atom stereocenters. The molecule has 1 saturated carbocycles. The van der Waals surface area contributed by atoms with Gasteiger partial charge in [0.15, 0.2) is 5.65 Å². The number of likely N-dealkylation sites (tertiary alicyclic amines) is 1. The van der Waals surface area contributed by atoms with E-state index in [1.54, 1.807) is 0 Å². The van der Waals surface area contributed by atoms with Crippen molar-refractivity contribution in [3.05, 3.63) is 24.2 Å². The second-order valence-electron chi connectivity index (χ2n) is 6.45. The lowest BCUT2D eigenvalue weighted by Crippen LogP contribution is -2.22. The summed E-state index contributed by atoms with van der Waals surface area (Å²) in [5.74, 6) is 2.03. The number of fused-ring (bicyclic) bond motifs is 1. The van der Waals surface area contributed by atoms with Crippen LogP contribution >= 0.6 is 0 Å². The van der Waals surface area contributed by atoms with Gasteiger partial charge in [-0.25, -0.2) is 9.97 Å². The average Bonchev–Trinajstić information content (AvgIpc) is 2.93. The maximum Gasteiger partial charge on any atom is 0.160 e. The third kappa shape index (κ3) is 2.03. The zero-order valence-corrected chi connectivity index (χ0v) is 12.1. The normalized spacial score (nSPS) is 24.4. The third-order valence-electron chi connectivity index (χ3n) is 4.92. The summed E-state index contributed by atoms with van der Waals surface area (Å²) >= 11 is 0. The molecule has 4 rings (SSSR count). The number of hydrogen-bond donors (Lipinski definition) is 0. The van der Waals surface area contributed by atoms with Crippen LogP contribution in [-0.4, -0.2) is 39.6 Å². The molecule has 2 aromatic heterocycles. The SMILES string of the molecule is CN1CCC(Cc2nc3cccnc3n2C2CCC2)C1. The topological polar surface area (TPSA) is 34.0 Å². The molecule has 2 aromatic rings. The molecular formula is C16H22N4. The molecule has 0 aromatic carbocycles. The van der Waals surface area contributed by atoms with Gasteiger partial charge in [-0.3, -0.25) is 0 Å². The van der Waals surface area contributed by atoms with Crippen molar-refractivity contribution in [1.82, 2.24) is 19.4 Å². The van der Waals surface area contributed by atoms with Crippen LogP contribution in [0.1, 0.15) is 37.5 Å². The van der Waals surface area contributed by atoms with E-state index in [4.69, 9.17) is 4.98 Å². The predicted molar refractivity (Wildman–Crippen MR) is 79.7 cm³/mol. The molecule has 0 spiro atoms. The fourth-order valence-corrected chi connectivity index (χ4v) is 3.60. The Hall–Kier alpha value is -1.42. The van der Waals surface area contributed by atoms with Gasteiger partial charge in [0.2, 0.25) is 0 Å². The van der Waals surface area contributed by atoms with Crippen LogP contribution < -0.4 is 0 Å². The van der Waals surface area contributed by atoms with E-state index >= 15 is 0 Å². The molecule has 1 unspecified atom stereocenters. The van der Waals surface area contributed by atoms with E-state index in [-0.39, 0.29) is 0 Å². The molecule has 0 radical (unpaired) electrons. The van der Waals surface area contributed by atoms with Gasteiger partial charge >= 0.3 is 0 Å². The van der Waals surface area contributed by atoms with Crippen LogP contribution in [0.5, 0.6) is 0 Å². The second kappa shape index (κ2) is 4.85. The number of hydrogen-bond acceptors (Lipinski definition) is 3. The van der Waals surface area contributed by atoms with Gasteiger partial charge in [-0.05, 0) is 57.3 Å². The quantitative estimate of drug-likeness (QED) is 0.860. The van der Waals surface area contributed by atoms with Crippen LogP contribution in [0.15, 0.2) is 18.3 Å². The van der Waals surface area contributed by atoms with E-state index < -0.39 is 0 Å². The van der Waals surface area contributed by atoms with Crippen LogP contribution in [0.2, 0.25) is 0 Å². The first-order chi connectivity index (χ1) is 9.81. The molecule has 0 amide bonds. The van der Waals surface area contributed by atoms with Crippen LogP contribution in [-0.2, 0) is 6.42 Å². The van der Waals surface area contributed by atoms with Gasteiger partial charge in [-0.2, -0.15) is 0 Å². The Morgan fingerprint density at radius 2 is 2.20 bits per heavy atom. The molecule has 2 aliphatic rings. The lowest BCUT2D eigenvalue weighted by atomic mass is 9.92. The Bertz CT molecular complexity index is 614. The summed E-state index contributed by atoms with van der Waals surface area (Å²) in [5.41, 5.74) is 2.17. The van der Waals surface area contributed by atoms with E-state index in [2.05, 4.69) is 27.6 Å². The van der Waals surface area contributed by atoms with Gasteiger partial charge in [-0.1, -0.05) is 0 Å². The fourth-order valence-electron chi connectivity index (χ4n) is 3.60. The fraction of sp³-hybridized carbons (Fsp3) is 0.625. The van der Waals surface area contributed by atoms with Crippen molar-refractivity contribution in [2.45, 2.75) is 38.1 Å². The number of aromatic nitrogens is 3. The molecule has 4 nitrogen and oxygen atoms in total. The summed E-state index contributed by atoms with van der Waals surface area (Å²) in [7, 11) is 2.22. The highest BCUT2D eigenvalue weighted by molar-refractivity contribution is 5.71. The summed E-state index contributed by atoms with van der Waals surface area (Å²) in [5, 5.41) is 0. The molecule has 20 heavy (non-hydrogen) atoms. The van der Waals surface area contributed by atoms with Crippen LogP contribution in [0.25, 0.3) is 11.2 Å². The Kier molecular flexibility index (Phi) is 2.99. The Morgan fingerprint density at radius 3 is 2.90 bits per heavy atom. The predicted octanol–water partition coefficient (Wildman–Crippen LogP) is 2.65. The molecule has 1 aliphatic heterocycles. The highest BCUT2D eigenvalue weighted by Crippen LogP contribution is 2.35. The molecule has 0 bridgehead atoms. The molecule has 3 heterocycles. The smallest absolute Gasteiger partial charge is 0.160 e. The van der Waals surface area contributed by atoms with Gasteiger partial charge in [0.05, 0.1) is 0 Å². The van der Waals surface area contributed by atoms with E-state index in [1.165, 1.54) is 44.6 Å². The zero-order chi connectivity index (χ0) is 13.5. The third-order valence-corrected chi connectivity index (χ3v) is 4.92. The van der Waals surface area contributed by atoms with Crippen molar-refractivity contribution >= 4 is 11.2 Å². The zero-order valence-electron chi connectivity index (χ0n) is 12.1. The summed E-state index contributed by atoms with van der Waals surface area (Å²) in [6.45, 7) is 2.44. The Balaban J connectivity index is 1.70. The van der Waals surface area contributed by atoms with Crippen LogP contribution in [0.3, 0.4) is 0 Å². The van der Waals surface area contributed by atoms with Crippen molar-refractivity contribution in [2.24, 2.45) is 5.92 Å². The minimum atomic E-state index is 0.643. The molecular weight excluding hydrogens is 248 g/mol. The van der Waals surface area contributed by atoms with E-state index in [1.807, 2.05) is 12.3 Å². The van der Waals surface area contributed by atoms with Crippen molar-refractivity contribution in [2.75, 3.05) is 20.1 Å². The largest absolute Gasteiger partial charge is 0.310 e. The summed E-state index contributed by atoms with van der Waals surface area (Å²) in [6, 6.07) is 4.74. The monoisotopic (exact) mass is 270 g/mol. The first kappa shape index (κ1) is 12.3. The van der Waals surface area contributed by atoms with Gasteiger partial charge < -0.3 is 9.47 Å². The van der Waals surface area contributed by atoms with E-state index in [0.29, 0.717) is 6.04 Å². The van der Waals surface area contributed by atoms with Crippen molar-refractivity contribution < 1.29 is 0 Å². The summed E-state index contributed by atoms with van der Waals surface area (Å²) in [4.78, 5) is 11.9. The Labute approximate surface area is 119 Å². The maximum absolute atomic E-state index is 4.89. The molecule has 4 heteroatoms. The standard InChI is InChI=1S/C16H22N4/c1-19-9-7-12(11-19)10-15-18-14-6-3-8-17-16(14)20(15)13-4-2-5-13/h3,6,8,12-13H,2,4-5,7,9-11H2,1H3. The average molecular weight is 270 g/mol. The summed E-state index contributed by atoms with van der Waals surface area (Å²) in [6.07, 6.45) is 8.24. The van der Waals surface area contributed by atoms with Crippen molar-refractivity contribution in [3.8, 4) is 0 Å². The van der Waals surface area contributed by atoms with Crippen LogP contribution in [0.4, 0.5) is 0 Å². The molecule has 2 fully saturated rings. The minimum absolute atomic E-state index is 0.643. The molecule has 0 N–H and O–H groups in total. The second-order valence-corrected chi connectivity index (χ2v) is 6.45. The van der Waals surface area contributed by atoms with Gasteiger partial charge in [0.1, 0.15) is 11.3 Å². The van der Waals surface area contributed by atoms with E-state index in [0.717, 1.165) is 23.5 Å². The van der Waals surface area contributed by atoms with E-state index in [9.17, 15) is 0 Å². The first-order valence-electron chi connectivity index (χ1n) is 7.81. The lowest BCUT2D eigenvalue weighted by Gasteiger charge is -2.29. The van der Waals surface area contributed by atoms with Gasteiger partial charge in [0.25, 0.3) is 0 Å². The number of nitrogens with zero attached hydrogens (tertiary/aromatic N) is 4. The number of imidazole rings is 1. The first-order valence-corrected chi connectivity index (χ1v) is 7.81. The highest BCUT2D eigenvalue weighted by Gasteiger charge is 2.28. The Morgan fingerprint density at radius 1 is 1.30 bits per heavy atom. The summed E-state index contributed by atoms with van der Waals surface area (Å²) < 4.78 is 2.44. The molecule has 1 saturated heterocycles. The number of rotatable bonds is 3. The number of pyridine rings is 1. The van der Waals surface area contributed by atoms with Crippen molar-refractivity contribution in [3.63, 3.8) is 0 Å². The van der Waals surface area contributed by atoms with Gasteiger partial charge in [-0.15, -0.1) is 0 Å². The molecule has 1 aliphatic carbocycles. The molecule has 106 valence electrons. The highest BCUT2D eigenvalue weighted by atomic mass is 15.2. The minimum Gasteiger partial charge on any atom is -0.310 e.